The second kappa shape index (κ2) is 8.92. The van der Waals surface area contributed by atoms with Crippen LogP contribution in [0.1, 0.15) is 62.8 Å². The number of amides is 2. The number of carbonyl (C=O) groups excluding carboxylic acids is 2. The fourth-order valence-electron chi connectivity index (χ4n) is 5.50. The molecule has 4 rings (SSSR count). The number of piperidine rings is 2. The van der Waals surface area contributed by atoms with Gasteiger partial charge in [0.1, 0.15) is 5.75 Å². The van der Waals surface area contributed by atoms with Gasteiger partial charge in [-0.05, 0) is 96.5 Å². The lowest BCUT2D eigenvalue weighted by atomic mass is 9.76. The van der Waals surface area contributed by atoms with Gasteiger partial charge in [-0.1, -0.05) is 12.8 Å². The lowest BCUT2D eigenvalue weighted by Gasteiger charge is -2.39. The van der Waals surface area contributed by atoms with Crippen LogP contribution in [0.25, 0.3) is 0 Å². The van der Waals surface area contributed by atoms with Crippen LogP contribution in [0.15, 0.2) is 18.2 Å². The summed E-state index contributed by atoms with van der Waals surface area (Å²) in [5, 5.41) is 0. The Balaban J connectivity index is 1.29. The molecule has 0 bridgehead atoms. The van der Waals surface area contributed by atoms with Crippen molar-refractivity contribution in [2.24, 2.45) is 5.41 Å². The molecule has 2 amide bonds. The fourth-order valence-corrected chi connectivity index (χ4v) is 6.01. The van der Waals surface area contributed by atoms with E-state index < -0.39 is 0 Å². The molecule has 1 spiro atoms. The first-order valence-electron chi connectivity index (χ1n) is 10.9. The van der Waals surface area contributed by atoms with E-state index in [0.717, 1.165) is 51.1 Å². The Kier molecular flexibility index (Phi) is 6.49. The van der Waals surface area contributed by atoms with Crippen LogP contribution < -0.4 is 4.74 Å². The Hall–Kier alpha value is -1.15. The first kappa shape index (κ1) is 21.1. The average Bonchev–Trinajstić information content (AvgIpc) is 3.15. The zero-order chi connectivity index (χ0) is 20.4. The number of hydrogen-bond donors (Lipinski definition) is 0. The molecule has 29 heavy (non-hydrogen) atoms. The molecule has 0 N–H and O–H groups in total. The third-order valence-electron chi connectivity index (χ3n) is 7.18. The molecule has 2 aliphatic heterocycles. The maximum Gasteiger partial charge on any atom is 0.229 e. The van der Waals surface area contributed by atoms with Gasteiger partial charge in [0.05, 0.1) is 7.11 Å². The van der Waals surface area contributed by atoms with Crippen molar-refractivity contribution in [2.45, 2.75) is 57.3 Å². The van der Waals surface area contributed by atoms with E-state index in [2.05, 4.69) is 45.7 Å². The highest BCUT2D eigenvalue weighted by Gasteiger charge is 2.44. The maximum atomic E-state index is 12.7. The lowest BCUT2D eigenvalue weighted by molar-refractivity contribution is -0.153. The van der Waals surface area contributed by atoms with Gasteiger partial charge in [-0.15, -0.1) is 0 Å². The summed E-state index contributed by atoms with van der Waals surface area (Å²) in [6.07, 6.45) is 7.76. The number of imide groups is 1. The number of halogens is 1. The van der Waals surface area contributed by atoms with Crippen molar-refractivity contribution in [3.63, 3.8) is 0 Å². The van der Waals surface area contributed by atoms with Crippen LogP contribution in [0.3, 0.4) is 0 Å². The van der Waals surface area contributed by atoms with Crippen LogP contribution >= 0.6 is 22.6 Å². The predicted octanol–water partition coefficient (Wildman–Crippen LogP) is 4.19. The smallest absolute Gasteiger partial charge is 0.229 e. The summed E-state index contributed by atoms with van der Waals surface area (Å²) in [7, 11) is 1.74. The molecular formula is C23H31IN2O3. The van der Waals surface area contributed by atoms with Crippen molar-refractivity contribution in [1.82, 2.24) is 9.80 Å². The molecule has 0 atom stereocenters. The SMILES string of the molecule is COc1ccc(I)cc1C1CCN(CCN2C(=O)CC3(CCCC3)CC2=O)CC1. The summed E-state index contributed by atoms with van der Waals surface area (Å²) < 4.78 is 6.81. The first-order chi connectivity index (χ1) is 14.0. The molecule has 3 fully saturated rings. The Morgan fingerprint density at radius 3 is 2.34 bits per heavy atom. The normalized spacial score (nSPS) is 23.2. The summed E-state index contributed by atoms with van der Waals surface area (Å²) in [6, 6.07) is 6.39. The number of benzene rings is 1. The van der Waals surface area contributed by atoms with Gasteiger partial charge >= 0.3 is 0 Å². The second-order valence-corrected chi connectivity index (χ2v) is 10.2. The molecule has 1 aliphatic carbocycles. The van der Waals surface area contributed by atoms with E-state index >= 15 is 0 Å². The Morgan fingerprint density at radius 2 is 1.72 bits per heavy atom. The molecule has 6 heteroatoms. The molecule has 0 aromatic heterocycles. The Labute approximate surface area is 187 Å². The molecule has 2 heterocycles. The highest BCUT2D eigenvalue weighted by Crippen LogP contribution is 2.46. The monoisotopic (exact) mass is 510 g/mol. The number of carbonyl (C=O) groups is 2. The lowest BCUT2D eigenvalue weighted by Crippen LogP contribution is -2.50. The van der Waals surface area contributed by atoms with E-state index in [1.165, 1.54) is 26.9 Å². The summed E-state index contributed by atoms with van der Waals surface area (Å²) in [6.45, 7) is 3.34. The molecule has 158 valence electrons. The summed E-state index contributed by atoms with van der Waals surface area (Å²) in [5.74, 6) is 1.61. The van der Waals surface area contributed by atoms with Gasteiger partial charge < -0.3 is 9.64 Å². The number of ether oxygens (including phenoxy) is 1. The third-order valence-corrected chi connectivity index (χ3v) is 7.85. The molecule has 1 saturated carbocycles. The topological polar surface area (TPSA) is 49.9 Å². The molecule has 0 radical (unpaired) electrons. The average molecular weight is 510 g/mol. The second-order valence-electron chi connectivity index (χ2n) is 9.00. The molecule has 2 saturated heterocycles. The van der Waals surface area contributed by atoms with Crippen LogP contribution in [0.5, 0.6) is 5.75 Å². The van der Waals surface area contributed by atoms with Crippen molar-refractivity contribution >= 4 is 34.4 Å². The molecule has 1 aromatic carbocycles. The Morgan fingerprint density at radius 1 is 1.07 bits per heavy atom. The van der Waals surface area contributed by atoms with Crippen molar-refractivity contribution in [3.8, 4) is 5.75 Å². The van der Waals surface area contributed by atoms with E-state index in [0.29, 0.717) is 25.3 Å². The molecule has 5 nitrogen and oxygen atoms in total. The minimum atomic E-state index is -0.00470. The Bertz CT molecular complexity index is 747. The summed E-state index contributed by atoms with van der Waals surface area (Å²) >= 11 is 2.36. The van der Waals surface area contributed by atoms with Crippen LogP contribution in [-0.4, -0.2) is 54.9 Å². The first-order valence-corrected chi connectivity index (χ1v) is 12.0. The van der Waals surface area contributed by atoms with Gasteiger partial charge in [-0.2, -0.15) is 0 Å². The zero-order valence-electron chi connectivity index (χ0n) is 17.3. The van der Waals surface area contributed by atoms with Gasteiger partial charge in [-0.3, -0.25) is 14.5 Å². The highest BCUT2D eigenvalue weighted by atomic mass is 127. The van der Waals surface area contributed by atoms with E-state index in [4.69, 9.17) is 4.74 Å². The van der Waals surface area contributed by atoms with Crippen molar-refractivity contribution < 1.29 is 14.3 Å². The summed E-state index contributed by atoms with van der Waals surface area (Å²) in [5.41, 5.74) is 1.30. The standard InChI is InChI=1S/C23H31IN2O3/c1-29-20-5-4-18(24)14-19(20)17-6-10-25(11-7-17)12-13-26-21(27)15-23(16-22(26)28)8-2-3-9-23/h4-5,14,17H,2-3,6-13,15-16H2,1H3. The fraction of sp³-hybridized carbons (Fsp3) is 0.652. The van der Waals surface area contributed by atoms with Gasteiger partial charge in [-0.25, -0.2) is 0 Å². The summed E-state index contributed by atoms with van der Waals surface area (Å²) in [4.78, 5) is 29.2. The van der Waals surface area contributed by atoms with Crippen LogP contribution in [0.2, 0.25) is 0 Å². The largest absolute Gasteiger partial charge is 0.496 e. The number of methoxy groups -OCH3 is 1. The van der Waals surface area contributed by atoms with Crippen molar-refractivity contribution in [1.29, 1.82) is 0 Å². The van der Waals surface area contributed by atoms with Gasteiger partial charge in [0.25, 0.3) is 0 Å². The molecule has 3 aliphatic rings. The molecule has 1 aromatic rings. The van der Waals surface area contributed by atoms with E-state index in [1.54, 1.807) is 7.11 Å². The van der Waals surface area contributed by atoms with Gasteiger partial charge in [0.15, 0.2) is 0 Å². The number of nitrogens with zero attached hydrogens (tertiary/aromatic N) is 2. The number of likely N-dealkylation sites (tertiary alicyclic amines) is 2. The predicted molar refractivity (Wildman–Crippen MR) is 121 cm³/mol. The van der Waals surface area contributed by atoms with Crippen LogP contribution in [-0.2, 0) is 9.59 Å². The minimum absolute atomic E-state index is 0.00470. The van der Waals surface area contributed by atoms with Crippen molar-refractivity contribution in [3.05, 3.63) is 27.3 Å². The quantitative estimate of drug-likeness (QED) is 0.441. The van der Waals surface area contributed by atoms with E-state index in [1.807, 2.05) is 0 Å². The van der Waals surface area contributed by atoms with E-state index in [9.17, 15) is 9.59 Å². The van der Waals surface area contributed by atoms with Gasteiger partial charge in [0.2, 0.25) is 11.8 Å². The van der Waals surface area contributed by atoms with Crippen LogP contribution in [0.4, 0.5) is 0 Å². The number of hydrogen-bond acceptors (Lipinski definition) is 4. The number of rotatable bonds is 5. The zero-order valence-corrected chi connectivity index (χ0v) is 19.4. The van der Waals surface area contributed by atoms with Crippen molar-refractivity contribution in [2.75, 3.05) is 33.3 Å². The third kappa shape index (κ3) is 4.63. The minimum Gasteiger partial charge on any atom is -0.496 e. The maximum absolute atomic E-state index is 12.7. The van der Waals surface area contributed by atoms with Crippen LogP contribution in [0, 0.1) is 8.99 Å². The highest BCUT2D eigenvalue weighted by molar-refractivity contribution is 14.1. The van der Waals surface area contributed by atoms with E-state index in [-0.39, 0.29) is 17.2 Å². The van der Waals surface area contributed by atoms with Gasteiger partial charge in [0, 0.05) is 29.5 Å². The molecule has 0 unspecified atom stereocenters. The molecular weight excluding hydrogens is 479 g/mol.